The molecule has 0 aliphatic rings. The van der Waals surface area contributed by atoms with Crippen LogP contribution in [-0.2, 0) is 11.3 Å². The molecule has 17 heavy (non-hydrogen) atoms. The van der Waals surface area contributed by atoms with Crippen molar-refractivity contribution < 1.29 is 13.6 Å². The number of nitrogens with one attached hydrogen (secondary N) is 1. The molecule has 8 heteroatoms. The number of carbonyl (C=O) groups excluding carboxylic acids is 1. The highest BCUT2D eigenvalue weighted by atomic mass is 19.1. The number of hydrogen-bond acceptors (Lipinski definition) is 4. The normalized spacial score (nSPS) is 10.2. The largest absolute Gasteiger partial charge is 0.322 e. The maximum atomic E-state index is 13.2. The van der Waals surface area contributed by atoms with Gasteiger partial charge in [-0.1, -0.05) is 0 Å². The van der Waals surface area contributed by atoms with E-state index in [9.17, 15) is 13.6 Å². The van der Waals surface area contributed by atoms with E-state index in [1.54, 1.807) is 0 Å². The summed E-state index contributed by atoms with van der Waals surface area (Å²) >= 11 is 0. The van der Waals surface area contributed by atoms with E-state index in [2.05, 4.69) is 20.8 Å². The lowest BCUT2D eigenvalue weighted by atomic mass is 10.3. The summed E-state index contributed by atoms with van der Waals surface area (Å²) in [5.74, 6) is -2.06. The fourth-order valence-corrected chi connectivity index (χ4v) is 1.18. The summed E-state index contributed by atoms with van der Waals surface area (Å²) in [5.41, 5.74) is -0.0931. The number of nitrogens with zero attached hydrogens (tertiary/aromatic N) is 4. The molecule has 1 N–H and O–H groups in total. The fraction of sp³-hybridized carbons (Fsp3) is 0.111. The van der Waals surface area contributed by atoms with Crippen molar-refractivity contribution in [1.82, 2.24) is 20.2 Å². The zero-order valence-corrected chi connectivity index (χ0v) is 8.47. The molecule has 1 amide bonds. The van der Waals surface area contributed by atoms with E-state index < -0.39 is 17.5 Å². The lowest BCUT2D eigenvalue weighted by Crippen LogP contribution is -2.19. The lowest BCUT2D eigenvalue weighted by molar-refractivity contribution is -0.117. The van der Waals surface area contributed by atoms with Crippen molar-refractivity contribution in [3.8, 4) is 0 Å². The van der Waals surface area contributed by atoms with Crippen LogP contribution in [0.3, 0.4) is 0 Å². The van der Waals surface area contributed by atoms with Crippen LogP contribution >= 0.6 is 0 Å². The molecular weight excluding hydrogens is 232 g/mol. The van der Waals surface area contributed by atoms with Gasteiger partial charge in [0.1, 0.15) is 24.5 Å². The molecule has 1 aromatic carbocycles. The van der Waals surface area contributed by atoms with Gasteiger partial charge < -0.3 is 5.32 Å². The average Bonchev–Trinajstić information content (AvgIpc) is 2.75. The van der Waals surface area contributed by atoms with Gasteiger partial charge in [0.15, 0.2) is 0 Å². The highest BCUT2D eigenvalue weighted by Crippen LogP contribution is 2.14. The monoisotopic (exact) mass is 239 g/mol. The molecule has 0 saturated heterocycles. The summed E-state index contributed by atoms with van der Waals surface area (Å²) in [5, 5.41) is 12.4. The van der Waals surface area contributed by atoms with Gasteiger partial charge in [0.2, 0.25) is 5.91 Å². The summed E-state index contributed by atoms with van der Waals surface area (Å²) in [6, 6.07) is 2.88. The molecule has 0 saturated carbocycles. The number of rotatable bonds is 3. The molecule has 6 nitrogen and oxygen atoms in total. The van der Waals surface area contributed by atoms with Crippen molar-refractivity contribution in [2.75, 3.05) is 5.32 Å². The molecule has 0 aliphatic heterocycles. The van der Waals surface area contributed by atoms with Gasteiger partial charge in [-0.2, -0.15) is 0 Å². The summed E-state index contributed by atoms with van der Waals surface area (Å²) < 4.78 is 27.0. The topological polar surface area (TPSA) is 72.7 Å². The van der Waals surface area contributed by atoms with E-state index in [1.165, 1.54) is 11.0 Å². The van der Waals surface area contributed by atoms with Crippen molar-refractivity contribution in [2.45, 2.75) is 6.54 Å². The molecule has 1 heterocycles. The molecule has 0 bridgehead atoms. The average molecular weight is 239 g/mol. The summed E-state index contributed by atoms with van der Waals surface area (Å²) in [6.07, 6.45) is 1.25. The van der Waals surface area contributed by atoms with Gasteiger partial charge in [-0.3, -0.25) is 4.79 Å². The van der Waals surface area contributed by atoms with Gasteiger partial charge in [-0.25, -0.2) is 13.5 Å². The summed E-state index contributed by atoms with van der Waals surface area (Å²) in [7, 11) is 0. The second kappa shape index (κ2) is 4.64. The van der Waals surface area contributed by atoms with Gasteiger partial charge >= 0.3 is 0 Å². The lowest BCUT2D eigenvalue weighted by Gasteiger charge is -2.05. The fourth-order valence-electron chi connectivity index (χ4n) is 1.18. The van der Waals surface area contributed by atoms with E-state index in [0.29, 0.717) is 6.07 Å². The van der Waals surface area contributed by atoms with Crippen LogP contribution in [0.4, 0.5) is 14.5 Å². The molecule has 2 rings (SSSR count). The number of amides is 1. The smallest absolute Gasteiger partial charge is 0.246 e. The zero-order chi connectivity index (χ0) is 12.3. The van der Waals surface area contributed by atoms with Gasteiger partial charge in [0.05, 0.1) is 5.69 Å². The number of anilines is 1. The molecule has 0 radical (unpaired) electrons. The predicted octanol–water partition coefficient (Wildman–Crippen LogP) is 0.590. The Hall–Kier alpha value is -2.38. The second-order valence-corrected chi connectivity index (χ2v) is 3.18. The Balaban J connectivity index is 2.03. The molecule has 0 spiro atoms. The van der Waals surface area contributed by atoms with Crippen LogP contribution in [0.25, 0.3) is 0 Å². The first-order chi connectivity index (χ1) is 8.15. The van der Waals surface area contributed by atoms with Crippen LogP contribution in [0.1, 0.15) is 0 Å². The quantitative estimate of drug-likeness (QED) is 0.850. The Labute approximate surface area is 94.2 Å². The number of carbonyl (C=O) groups is 1. The van der Waals surface area contributed by atoms with Crippen molar-refractivity contribution >= 4 is 11.6 Å². The Kier molecular flexibility index (Phi) is 3.03. The predicted molar refractivity (Wildman–Crippen MR) is 52.8 cm³/mol. The van der Waals surface area contributed by atoms with Crippen molar-refractivity contribution in [3.63, 3.8) is 0 Å². The van der Waals surface area contributed by atoms with E-state index in [-0.39, 0.29) is 12.2 Å². The molecule has 88 valence electrons. The minimum atomic E-state index is -0.838. The first kappa shape index (κ1) is 11.1. The Morgan fingerprint density at radius 1 is 1.41 bits per heavy atom. The Bertz CT molecular complexity index is 528. The molecule has 2 aromatic rings. The number of halogens is 2. The van der Waals surface area contributed by atoms with Crippen molar-refractivity contribution in [3.05, 3.63) is 36.2 Å². The van der Waals surface area contributed by atoms with Gasteiger partial charge in [0, 0.05) is 6.07 Å². The van der Waals surface area contributed by atoms with Crippen LogP contribution in [0.2, 0.25) is 0 Å². The Morgan fingerprint density at radius 3 is 2.88 bits per heavy atom. The van der Waals surface area contributed by atoms with Gasteiger partial charge in [-0.05, 0) is 22.6 Å². The third-order valence-electron chi connectivity index (χ3n) is 1.90. The zero-order valence-electron chi connectivity index (χ0n) is 8.47. The third kappa shape index (κ3) is 2.80. The number of tetrazole rings is 1. The number of hydrogen-bond donors (Lipinski definition) is 1. The molecule has 0 fully saturated rings. The minimum Gasteiger partial charge on any atom is -0.322 e. The highest BCUT2D eigenvalue weighted by Gasteiger charge is 2.08. The third-order valence-corrected chi connectivity index (χ3v) is 1.90. The van der Waals surface area contributed by atoms with Crippen LogP contribution in [-0.4, -0.2) is 26.1 Å². The first-order valence-electron chi connectivity index (χ1n) is 4.61. The summed E-state index contributed by atoms with van der Waals surface area (Å²) in [4.78, 5) is 11.4. The van der Waals surface area contributed by atoms with Crippen molar-refractivity contribution in [2.24, 2.45) is 0 Å². The maximum Gasteiger partial charge on any atom is 0.246 e. The standard InChI is InChI=1S/C9H7F2N5O/c10-6-1-2-8(7(11)3-6)13-9(17)4-16-5-12-14-15-16/h1-3,5H,4H2,(H,13,17). The first-order valence-corrected chi connectivity index (χ1v) is 4.61. The molecular formula is C9H7F2N5O. The SMILES string of the molecule is O=C(Cn1cnnn1)Nc1ccc(F)cc1F. The van der Waals surface area contributed by atoms with Crippen LogP contribution in [0.5, 0.6) is 0 Å². The molecule has 0 atom stereocenters. The second-order valence-electron chi connectivity index (χ2n) is 3.18. The molecule has 1 aromatic heterocycles. The highest BCUT2D eigenvalue weighted by molar-refractivity contribution is 5.90. The van der Waals surface area contributed by atoms with E-state index in [1.807, 2.05) is 0 Å². The van der Waals surface area contributed by atoms with E-state index in [4.69, 9.17) is 0 Å². The van der Waals surface area contributed by atoms with Crippen LogP contribution < -0.4 is 5.32 Å². The van der Waals surface area contributed by atoms with Gasteiger partial charge in [0.25, 0.3) is 0 Å². The minimum absolute atomic E-state index is 0.0931. The van der Waals surface area contributed by atoms with Crippen LogP contribution in [0, 0.1) is 11.6 Å². The van der Waals surface area contributed by atoms with E-state index >= 15 is 0 Å². The molecule has 0 unspecified atom stereocenters. The maximum absolute atomic E-state index is 13.2. The molecule has 0 aliphatic carbocycles. The Morgan fingerprint density at radius 2 is 2.24 bits per heavy atom. The van der Waals surface area contributed by atoms with Crippen LogP contribution in [0.15, 0.2) is 24.5 Å². The number of aromatic nitrogens is 4. The van der Waals surface area contributed by atoms with E-state index in [0.717, 1.165) is 12.1 Å². The summed E-state index contributed by atoms with van der Waals surface area (Å²) in [6.45, 7) is -0.149. The number of benzene rings is 1. The van der Waals surface area contributed by atoms with Gasteiger partial charge in [-0.15, -0.1) is 5.10 Å². The van der Waals surface area contributed by atoms with Crippen molar-refractivity contribution in [1.29, 1.82) is 0 Å².